The smallest absolute Gasteiger partial charge is 0.251 e. The molecule has 5 heteroatoms. The molecule has 2 aromatic rings. The standard InChI is InChI=1S/C16H15F2NO2/c1-10-3-2-4-11(7-10)16(21)19-9-15(20)13-6-5-12(17)8-14(13)18/h2-8,15,20H,9H2,1H3,(H,19,21)/t15-/m0/s1. The van der Waals surface area contributed by atoms with Crippen molar-refractivity contribution in [3.8, 4) is 0 Å². The van der Waals surface area contributed by atoms with Gasteiger partial charge in [-0.3, -0.25) is 4.79 Å². The van der Waals surface area contributed by atoms with Gasteiger partial charge in [0.05, 0.1) is 6.10 Å². The predicted molar refractivity (Wildman–Crippen MR) is 74.8 cm³/mol. The molecule has 110 valence electrons. The SMILES string of the molecule is Cc1cccc(C(=O)NC[C@H](O)c2ccc(F)cc2F)c1. The first-order valence-electron chi connectivity index (χ1n) is 6.45. The van der Waals surface area contributed by atoms with Crippen molar-refractivity contribution in [2.75, 3.05) is 6.54 Å². The van der Waals surface area contributed by atoms with Gasteiger partial charge in [-0.25, -0.2) is 8.78 Å². The molecule has 0 bridgehead atoms. The molecule has 0 radical (unpaired) electrons. The number of aliphatic hydroxyl groups is 1. The van der Waals surface area contributed by atoms with E-state index in [0.29, 0.717) is 11.6 Å². The number of hydrogen-bond acceptors (Lipinski definition) is 2. The molecule has 0 heterocycles. The van der Waals surface area contributed by atoms with Crippen LogP contribution in [0.4, 0.5) is 8.78 Å². The number of aryl methyl sites for hydroxylation is 1. The van der Waals surface area contributed by atoms with Crippen LogP contribution in [-0.4, -0.2) is 17.6 Å². The van der Waals surface area contributed by atoms with E-state index in [9.17, 15) is 18.7 Å². The molecule has 21 heavy (non-hydrogen) atoms. The number of hydrogen-bond donors (Lipinski definition) is 2. The maximum absolute atomic E-state index is 13.5. The van der Waals surface area contributed by atoms with Gasteiger partial charge in [-0.15, -0.1) is 0 Å². The number of aliphatic hydroxyl groups excluding tert-OH is 1. The summed E-state index contributed by atoms with van der Waals surface area (Å²) in [7, 11) is 0. The van der Waals surface area contributed by atoms with E-state index in [1.807, 2.05) is 13.0 Å². The van der Waals surface area contributed by atoms with Gasteiger partial charge in [-0.1, -0.05) is 23.8 Å². The number of benzene rings is 2. The lowest BCUT2D eigenvalue weighted by molar-refractivity contribution is 0.0914. The van der Waals surface area contributed by atoms with Crippen LogP contribution in [0.2, 0.25) is 0 Å². The van der Waals surface area contributed by atoms with Crippen LogP contribution in [0.25, 0.3) is 0 Å². The van der Waals surface area contributed by atoms with E-state index >= 15 is 0 Å². The summed E-state index contributed by atoms with van der Waals surface area (Å²) in [4.78, 5) is 11.9. The van der Waals surface area contributed by atoms with E-state index in [1.54, 1.807) is 18.2 Å². The first kappa shape index (κ1) is 15.1. The van der Waals surface area contributed by atoms with Crippen LogP contribution in [0, 0.1) is 18.6 Å². The quantitative estimate of drug-likeness (QED) is 0.910. The monoisotopic (exact) mass is 291 g/mol. The fourth-order valence-corrected chi connectivity index (χ4v) is 1.96. The van der Waals surface area contributed by atoms with Crippen LogP contribution in [0.15, 0.2) is 42.5 Å². The zero-order chi connectivity index (χ0) is 15.4. The molecule has 2 N–H and O–H groups in total. The first-order valence-corrected chi connectivity index (χ1v) is 6.45. The van der Waals surface area contributed by atoms with Crippen LogP contribution in [-0.2, 0) is 0 Å². The fourth-order valence-electron chi connectivity index (χ4n) is 1.96. The zero-order valence-electron chi connectivity index (χ0n) is 11.4. The van der Waals surface area contributed by atoms with Crippen molar-refractivity contribution in [2.24, 2.45) is 0 Å². The number of rotatable bonds is 4. The molecule has 0 aliphatic carbocycles. The molecule has 0 fully saturated rings. The van der Waals surface area contributed by atoms with Gasteiger partial charge >= 0.3 is 0 Å². The summed E-state index contributed by atoms with van der Waals surface area (Å²) >= 11 is 0. The van der Waals surface area contributed by atoms with Crippen molar-refractivity contribution < 1.29 is 18.7 Å². The summed E-state index contributed by atoms with van der Waals surface area (Å²) in [6.07, 6.45) is -1.24. The number of amides is 1. The fraction of sp³-hybridized carbons (Fsp3) is 0.188. The van der Waals surface area contributed by atoms with Gasteiger partial charge in [0.25, 0.3) is 5.91 Å². The Labute approximate surface area is 121 Å². The molecule has 0 unspecified atom stereocenters. The topological polar surface area (TPSA) is 49.3 Å². The summed E-state index contributed by atoms with van der Waals surface area (Å²) in [5.41, 5.74) is 1.34. The Balaban J connectivity index is 2.00. The van der Waals surface area contributed by atoms with Crippen molar-refractivity contribution in [1.82, 2.24) is 5.32 Å². The average Bonchev–Trinajstić information content (AvgIpc) is 2.44. The molecule has 0 spiro atoms. The molecular weight excluding hydrogens is 276 g/mol. The lowest BCUT2D eigenvalue weighted by Gasteiger charge is -2.13. The van der Waals surface area contributed by atoms with E-state index in [4.69, 9.17) is 0 Å². The lowest BCUT2D eigenvalue weighted by atomic mass is 10.1. The van der Waals surface area contributed by atoms with Crippen LogP contribution in [0.1, 0.15) is 27.6 Å². The number of halogens is 2. The second kappa shape index (κ2) is 6.45. The molecule has 2 aromatic carbocycles. The van der Waals surface area contributed by atoms with Gasteiger partial charge in [0.2, 0.25) is 0 Å². The van der Waals surface area contributed by atoms with Crippen molar-refractivity contribution in [3.05, 3.63) is 70.8 Å². The Kier molecular flexibility index (Phi) is 4.65. The summed E-state index contributed by atoms with van der Waals surface area (Å²) in [5.74, 6) is -1.92. The Bertz CT molecular complexity index is 658. The number of carbonyl (C=O) groups excluding carboxylic acids is 1. The summed E-state index contributed by atoms with van der Waals surface area (Å²) < 4.78 is 26.3. The second-order valence-corrected chi connectivity index (χ2v) is 4.76. The summed E-state index contributed by atoms with van der Waals surface area (Å²) in [5, 5.41) is 12.4. The maximum atomic E-state index is 13.5. The third-order valence-electron chi connectivity index (χ3n) is 3.06. The summed E-state index contributed by atoms with van der Waals surface area (Å²) in [6, 6.07) is 9.88. The van der Waals surface area contributed by atoms with Crippen LogP contribution >= 0.6 is 0 Å². The third kappa shape index (κ3) is 3.86. The molecule has 1 atom stereocenters. The van der Waals surface area contributed by atoms with E-state index in [1.165, 1.54) is 0 Å². The highest BCUT2D eigenvalue weighted by Crippen LogP contribution is 2.17. The molecule has 1 amide bonds. The van der Waals surface area contributed by atoms with Crippen LogP contribution < -0.4 is 5.32 Å². The lowest BCUT2D eigenvalue weighted by Crippen LogP contribution is -2.28. The Morgan fingerprint density at radius 1 is 1.24 bits per heavy atom. The zero-order valence-corrected chi connectivity index (χ0v) is 11.4. The molecule has 0 saturated heterocycles. The highest BCUT2D eigenvalue weighted by atomic mass is 19.1. The minimum absolute atomic E-state index is 0.0547. The minimum atomic E-state index is -1.24. The van der Waals surface area contributed by atoms with Crippen molar-refractivity contribution >= 4 is 5.91 Å². The van der Waals surface area contributed by atoms with Gasteiger partial charge in [0, 0.05) is 23.7 Å². The minimum Gasteiger partial charge on any atom is -0.386 e. The predicted octanol–water partition coefficient (Wildman–Crippen LogP) is 2.74. The summed E-state index contributed by atoms with van der Waals surface area (Å²) in [6.45, 7) is 1.70. The van der Waals surface area contributed by atoms with Crippen molar-refractivity contribution in [1.29, 1.82) is 0 Å². The van der Waals surface area contributed by atoms with Gasteiger partial charge in [-0.2, -0.15) is 0 Å². The highest BCUT2D eigenvalue weighted by Gasteiger charge is 2.15. The van der Waals surface area contributed by atoms with E-state index in [-0.39, 0.29) is 18.0 Å². The molecule has 0 saturated carbocycles. The Hall–Kier alpha value is -2.27. The van der Waals surface area contributed by atoms with Gasteiger partial charge in [0.1, 0.15) is 11.6 Å². The highest BCUT2D eigenvalue weighted by molar-refractivity contribution is 5.94. The molecule has 2 rings (SSSR count). The maximum Gasteiger partial charge on any atom is 0.251 e. The largest absolute Gasteiger partial charge is 0.386 e. The molecular formula is C16H15F2NO2. The molecule has 0 aliphatic rings. The van der Waals surface area contributed by atoms with E-state index in [0.717, 1.165) is 17.7 Å². The van der Waals surface area contributed by atoms with E-state index < -0.39 is 17.7 Å². The van der Waals surface area contributed by atoms with Gasteiger partial charge in [-0.05, 0) is 25.1 Å². The van der Waals surface area contributed by atoms with Crippen LogP contribution in [0.3, 0.4) is 0 Å². The Morgan fingerprint density at radius 2 is 2.00 bits per heavy atom. The average molecular weight is 291 g/mol. The van der Waals surface area contributed by atoms with Crippen molar-refractivity contribution in [2.45, 2.75) is 13.0 Å². The number of carbonyl (C=O) groups is 1. The normalized spacial score (nSPS) is 12.0. The first-order chi connectivity index (χ1) is 9.97. The third-order valence-corrected chi connectivity index (χ3v) is 3.06. The second-order valence-electron chi connectivity index (χ2n) is 4.76. The van der Waals surface area contributed by atoms with Crippen LogP contribution in [0.5, 0.6) is 0 Å². The molecule has 3 nitrogen and oxygen atoms in total. The Morgan fingerprint density at radius 3 is 2.67 bits per heavy atom. The van der Waals surface area contributed by atoms with E-state index in [2.05, 4.69) is 5.32 Å². The molecule has 0 aliphatic heterocycles. The van der Waals surface area contributed by atoms with Gasteiger partial charge < -0.3 is 10.4 Å². The van der Waals surface area contributed by atoms with Crippen molar-refractivity contribution in [3.63, 3.8) is 0 Å². The van der Waals surface area contributed by atoms with Gasteiger partial charge in [0.15, 0.2) is 0 Å². The molecule has 0 aromatic heterocycles. The number of nitrogens with one attached hydrogen (secondary N) is 1.